The summed E-state index contributed by atoms with van der Waals surface area (Å²) in [5.41, 5.74) is 2.28. The van der Waals surface area contributed by atoms with E-state index in [1.54, 1.807) is 26.2 Å². The number of anilines is 1. The van der Waals surface area contributed by atoms with Gasteiger partial charge in [-0.05, 0) is 43.0 Å². The van der Waals surface area contributed by atoms with Crippen LogP contribution in [0.2, 0.25) is 0 Å². The summed E-state index contributed by atoms with van der Waals surface area (Å²) in [4.78, 5) is 0.237. The van der Waals surface area contributed by atoms with Crippen LogP contribution in [0.3, 0.4) is 0 Å². The van der Waals surface area contributed by atoms with Crippen LogP contribution in [0.4, 0.5) is 5.69 Å². The van der Waals surface area contributed by atoms with Crippen molar-refractivity contribution in [2.24, 2.45) is 0 Å². The Balaban J connectivity index is 2.55. The smallest absolute Gasteiger partial charge is 0.262 e. The first-order valence-electron chi connectivity index (χ1n) is 6.88. The highest BCUT2D eigenvalue weighted by molar-refractivity contribution is 7.92. The summed E-state index contributed by atoms with van der Waals surface area (Å²) < 4.78 is 38.0. The van der Waals surface area contributed by atoms with Gasteiger partial charge in [0.15, 0.2) is 0 Å². The predicted molar refractivity (Wildman–Crippen MR) is 83.9 cm³/mol. The highest BCUT2D eigenvalue weighted by Gasteiger charge is 2.23. The van der Waals surface area contributed by atoms with Crippen LogP contribution in [-0.2, 0) is 10.0 Å². The lowest BCUT2D eigenvalue weighted by Crippen LogP contribution is -2.16. The topological polar surface area (TPSA) is 81.4 Å². The van der Waals surface area contributed by atoms with E-state index in [1.807, 2.05) is 20.8 Å². The fourth-order valence-electron chi connectivity index (χ4n) is 2.17. The van der Waals surface area contributed by atoms with Gasteiger partial charge in [-0.3, -0.25) is 4.72 Å². The number of aryl methyl sites for hydroxylation is 2. The third-order valence-electron chi connectivity index (χ3n) is 3.43. The lowest BCUT2D eigenvalue weighted by Gasteiger charge is -2.17. The summed E-state index contributed by atoms with van der Waals surface area (Å²) in [7, 11) is -2.17. The van der Waals surface area contributed by atoms with Crippen LogP contribution in [-0.4, -0.2) is 20.7 Å². The number of hydrogen-bond acceptors (Lipinski definition) is 5. The molecule has 2 rings (SSSR count). The van der Waals surface area contributed by atoms with Crippen molar-refractivity contribution in [3.63, 3.8) is 0 Å². The van der Waals surface area contributed by atoms with Crippen molar-refractivity contribution in [2.45, 2.75) is 38.5 Å². The molecule has 6 nitrogen and oxygen atoms in total. The van der Waals surface area contributed by atoms with Crippen LogP contribution in [0, 0.1) is 13.8 Å². The zero-order chi connectivity index (χ0) is 16.5. The molecule has 0 aliphatic rings. The number of ether oxygens (including phenoxy) is 1. The van der Waals surface area contributed by atoms with Gasteiger partial charge < -0.3 is 9.26 Å². The molecular weight excluding hydrogens is 304 g/mol. The van der Waals surface area contributed by atoms with Crippen molar-refractivity contribution in [3.05, 3.63) is 35.2 Å². The molecule has 7 heteroatoms. The lowest BCUT2D eigenvalue weighted by atomic mass is 10.0. The molecule has 120 valence electrons. The second-order valence-electron chi connectivity index (χ2n) is 5.43. The second kappa shape index (κ2) is 6.00. The van der Waals surface area contributed by atoms with Gasteiger partial charge in [-0.1, -0.05) is 19.0 Å². The number of rotatable bonds is 5. The third-order valence-corrected chi connectivity index (χ3v) is 4.85. The molecule has 22 heavy (non-hydrogen) atoms. The Bertz CT molecular complexity index is 779. The molecule has 2 aromatic rings. The number of methoxy groups -OCH3 is 1. The van der Waals surface area contributed by atoms with E-state index in [9.17, 15) is 8.42 Å². The van der Waals surface area contributed by atoms with E-state index in [-0.39, 0.29) is 10.8 Å². The molecule has 0 atom stereocenters. The van der Waals surface area contributed by atoms with Gasteiger partial charge in [0.2, 0.25) is 0 Å². The van der Waals surface area contributed by atoms with Crippen LogP contribution in [0.5, 0.6) is 5.75 Å². The number of hydrogen-bond donors (Lipinski definition) is 1. The normalized spacial score (nSPS) is 11.7. The number of nitrogens with one attached hydrogen (secondary N) is 1. The Morgan fingerprint density at radius 1 is 1.27 bits per heavy atom. The van der Waals surface area contributed by atoms with E-state index in [4.69, 9.17) is 9.26 Å². The Kier molecular flexibility index (Phi) is 4.46. The lowest BCUT2D eigenvalue weighted by molar-refractivity contribution is 0.410. The quantitative estimate of drug-likeness (QED) is 0.913. The van der Waals surface area contributed by atoms with Crippen molar-refractivity contribution in [1.29, 1.82) is 0 Å². The van der Waals surface area contributed by atoms with E-state index < -0.39 is 10.0 Å². The molecule has 0 bridgehead atoms. The maximum Gasteiger partial charge on any atom is 0.262 e. The highest BCUT2D eigenvalue weighted by atomic mass is 32.2. The number of nitrogens with zero attached hydrogens (tertiary/aromatic N) is 1. The monoisotopic (exact) mass is 324 g/mol. The maximum atomic E-state index is 12.7. The van der Waals surface area contributed by atoms with Gasteiger partial charge in [-0.25, -0.2) is 8.42 Å². The van der Waals surface area contributed by atoms with E-state index in [1.165, 1.54) is 6.26 Å². The highest BCUT2D eigenvalue weighted by Crippen LogP contribution is 2.32. The Hall–Kier alpha value is -2.02. The van der Waals surface area contributed by atoms with Gasteiger partial charge in [-0.2, -0.15) is 0 Å². The molecule has 0 radical (unpaired) electrons. The molecule has 0 fully saturated rings. The van der Waals surface area contributed by atoms with Crippen molar-refractivity contribution in [2.75, 3.05) is 11.8 Å². The van der Waals surface area contributed by atoms with Gasteiger partial charge >= 0.3 is 0 Å². The van der Waals surface area contributed by atoms with Crippen LogP contribution in [0.25, 0.3) is 0 Å². The molecule has 1 heterocycles. The van der Waals surface area contributed by atoms with E-state index in [2.05, 4.69) is 9.88 Å². The molecule has 1 N–H and O–H groups in total. The first kappa shape index (κ1) is 16.4. The minimum atomic E-state index is -3.73. The number of benzene rings is 1. The first-order chi connectivity index (χ1) is 10.3. The largest absolute Gasteiger partial charge is 0.496 e. The van der Waals surface area contributed by atoms with Crippen molar-refractivity contribution >= 4 is 15.7 Å². The van der Waals surface area contributed by atoms with Gasteiger partial charge in [0.1, 0.15) is 23.4 Å². The molecule has 1 aromatic carbocycles. The molecule has 0 spiro atoms. The zero-order valence-electron chi connectivity index (χ0n) is 13.3. The summed E-state index contributed by atoms with van der Waals surface area (Å²) in [6.45, 7) is 7.36. The fraction of sp³-hybridized carbons (Fsp3) is 0.400. The SMILES string of the molecule is COc1cc(C(C)C)c(S(=O)(=O)Nc2conc2C)cc1C. The molecule has 0 aliphatic heterocycles. The Labute approximate surface area is 130 Å². The fourth-order valence-corrected chi connectivity index (χ4v) is 3.70. The van der Waals surface area contributed by atoms with Crippen LogP contribution in [0.1, 0.15) is 36.6 Å². The van der Waals surface area contributed by atoms with Crippen LogP contribution in [0.15, 0.2) is 27.8 Å². The maximum absolute atomic E-state index is 12.7. The summed E-state index contributed by atoms with van der Waals surface area (Å²) in [6.07, 6.45) is 1.28. The summed E-state index contributed by atoms with van der Waals surface area (Å²) in [5.74, 6) is 0.702. The molecule has 0 amide bonds. The molecule has 0 unspecified atom stereocenters. The molecular formula is C15H20N2O4S. The van der Waals surface area contributed by atoms with E-state index in [0.717, 1.165) is 5.56 Å². The standard InChI is InChI=1S/C15H20N2O4S/c1-9(2)12-7-14(20-5)10(3)6-15(12)22(18,19)17-13-8-21-16-11(13)4/h6-9,17H,1-5H3. The average Bonchev–Trinajstić information content (AvgIpc) is 2.83. The van der Waals surface area contributed by atoms with Crippen molar-refractivity contribution in [1.82, 2.24) is 5.16 Å². The number of aromatic nitrogens is 1. The molecule has 0 aliphatic carbocycles. The van der Waals surface area contributed by atoms with Crippen LogP contribution < -0.4 is 9.46 Å². The van der Waals surface area contributed by atoms with Gasteiger partial charge in [0.05, 0.1) is 12.0 Å². The summed E-state index contributed by atoms with van der Waals surface area (Å²) >= 11 is 0. The zero-order valence-corrected chi connectivity index (χ0v) is 14.1. The third kappa shape index (κ3) is 3.09. The molecule has 1 aromatic heterocycles. The number of sulfonamides is 1. The second-order valence-corrected chi connectivity index (χ2v) is 7.08. The first-order valence-corrected chi connectivity index (χ1v) is 8.37. The van der Waals surface area contributed by atoms with Crippen LogP contribution >= 0.6 is 0 Å². The van der Waals surface area contributed by atoms with Crippen molar-refractivity contribution < 1.29 is 17.7 Å². The van der Waals surface area contributed by atoms with Gasteiger partial charge in [0, 0.05) is 0 Å². The molecule has 0 saturated carbocycles. The Morgan fingerprint density at radius 2 is 1.95 bits per heavy atom. The van der Waals surface area contributed by atoms with Gasteiger partial charge in [0.25, 0.3) is 10.0 Å². The Morgan fingerprint density at radius 3 is 2.45 bits per heavy atom. The predicted octanol–water partition coefficient (Wildman–Crippen LogP) is 3.22. The summed E-state index contributed by atoms with van der Waals surface area (Å²) in [6, 6.07) is 3.40. The van der Waals surface area contributed by atoms with E-state index in [0.29, 0.717) is 22.7 Å². The minimum absolute atomic E-state index is 0.0321. The average molecular weight is 324 g/mol. The minimum Gasteiger partial charge on any atom is -0.496 e. The van der Waals surface area contributed by atoms with Crippen molar-refractivity contribution in [3.8, 4) is 5.75 Å². The summed E-state index contributed by atoms with van der Waals surface area (Å²) in [5, 5.41) is 3.67. The van der Waals surface area contributed by atoms with Gasteiger partial charge in [-0.15, -0.1) is 0 Å². The van der Waals surface area contributed by atoms with E-state index >= 15 is 0 Å². The molecule has 0 saturated heterocycles.